The molecule has 4 rings (SSSR count). The monoisotopic (exact) mass is 385 g/mol. The maximum absolute atomic E-state index is 12.6. The highest BCUT2D eigenvalue weighted by atomic mass is 32.3. The van der Waals surface area contributed by atoms with Crippen molar-refractivity contribution in [1.82, 2.24) is 9.62 Å². The quantitative estimate of drug-likeness (QED) is 0.777. The zero-order valence-electron chi connectivity index (χ0n) is 15.0. The lowest BCUT2D eigenvalue weighted by Crippen LogP contribution is -2.55. The van der Waals surface area contributed by atoms with Gasteiger partial charge in [0.05, 0.1) is 24.2 Å². The number of carbonyl (C=O) groups excluding carboxylic acids is 1. The second-order valence-electron chi connectivity index (χ2n) is 7.27. The minimum atomic E-state index is -3.52. The van der Waals surface area contributed by atoms with Crippen molar-refractivity contribution in [2.45, 2.75) is 29.7 Å². The first-order valence-electron chi connectivity index (χ1n) is 9.16. The number of likely N-dealkylation sites (tertiary alicyclic amines) is 1. The molecule has 2 aliphatic heterocycles. The molecule has 0 radical (unpaired) electrons. The van der Waals surface area contributed by atoms with E-state index in [2.05, 4.69) is 10.0 Å². The van der Waals surface area contributed by atoms with Crippen LogP contribution in [0.15, 0.2) is 59.5 Å². The predicted molar refractivity (Wildman–Crippen MR) is 104 cm³/mol. The third kappa shape index (κ3) is 3.76. The molecular weight excluding hydrogens is 362 g/mol. The van der Waals surface area contributed by atoms with Gasteiger partial charge in [-0.05, 0) is 30.5 Å². The van der Waals surface area contributed by atoms with Crippen molar-refractivity contribution in [3.8, 4) is 0 Å². The fraction of sp³-hybridized carbons (Fsp3) is 0.350. The highest BCUT2D eigenvalue weighted by Gasteiger charge is 2.42. The topological polar surface area (TPSA) is 84.5 Å². The molecule has 2 N–H and O–H groups in total. The van der Waals surface area contributed by atoms with Gasteiger partial charge in [0.15, 0.2) is 15.3 Å². The Hall–Kier alpha value is -2.22. The van der Waals surface area contributed by atoms with Crippen LogP contribution >= 0.6 is 0 Å². The number of hydrogen-bond donors (Lipinski definition) is 2. The number of fused-ring (bicyclic) bond motifs is 1. The number of nitrogens with zero attached hydrogens (tertiary/aromatic N) is 1. The van der Waals surface area contributed by atoms with E-state index in [-0.39, 0.29) is 16.3 Å². The number of carbonyl (C=O) groups is 1. The summed E-state index contributed by atoms with van der Waals surface area (Å²) >= 11 is 0. The molecule has 0 aromatic heterocycles. The van der Waals surface area contributed by atoms with Crippen LogP contribution in [0.4, 0.5) is 5.69 Å². The summed E-state index contributed by atoms with van der Waals surface area (Å²) in [5.41, 5.74) is 1.27. The molecule has 6 nitrogen and oxygen atoms in total. The van der Waals surface area contributed by atoms with Crippen molar-refractivity contribution in [2.75, 3.05) is 25.0 Å². The summed E-state index contributed by atoms with van der Waals surface area (Å²) in [4.78, 5) is 14.8. The van der Waals surface area contributed by atoms with E-state index in [1.165, 1.54) is 0 Å². The van der Waals surface area contributed by atoms with E-state index in [0.717, 1.165) is 5.56 Å². The minimum absolute atomic E-state index is 0.116. The summed E-state index contributed by atoms with van der Waals surface area (Å²) in [6.07, 6.45) is 1.80. The maximum atomic E-state index is 12.6. The number of anilines is 1. The highest BCUT2D eigenvalue weighted by Crippen LogP contribution is 2.34. The Morgan fingerprint density at radius 1 is 1.07 bits per heavy atom. The lowest BCUT2D eigenvalue weighted by Gasteiger charge is -2.41. The standard InChI is InChI=1S/C20H23N3O3S/c24-19(14-16-6-2-1-3-7-16)23-12-10-20(11-13-23)15-21-27(25,26)18-9-5-4-8-17(18)22-20/h1-9H,10-15H2,(H2-,21,22,25,26). The van der Waals surface area contributed by atoms with Crippen LogP contribution in [0, 0.1) is 0 Å². The van der Waals surface area contributed by atoms with Gasteiger partial charge in [0.2, 0.25) is 5.91 Å². The summed E-state index contributed by atoms with van der Waals surface area (Å²) in [6.45, 7) is 1.55. The normalized spacial score (nSPS) is 24.0. The largest absolute Gasteiger partial charge is 0.593 e. The highest BCUT2D eigenvalue weighted by molar-refractivity contribution is 7.96. The molecule has 1 saturated heterocycles. The molecule has 0 saturated carbocycles. The van der Waals surface area contributed by atoms with Crippen molar-refractivity contribution >= 4 is 22.0 Å². The summed E-state index contributed by atoms with van der Waals surface area (Å²) in [5.74, 6) is 0.116. The van der Waals surface area contributed by atoms with Crippen LogP contribution in [0.3, 0.4) is 0 Å². The molecule has 2 heterocycles. The Bertz CT molecular complexity index is 879. The molecule has 1 spiro atoms. The van der Waals surface area contributed by atoms with E-state index in [4.69, 9.17) is 0 Å². The van der Waals surface area contributed by atoms with Gasteiger partial charge in [-0.2, -0.15) is 0 Å². The molecule has 0 bridgehead atoms. The number of amides is 1. The van der Waals surface area contributed by atoms with Gasteiger partial charge in [0.1, 0.15) is 0 Å². The molecule has 1 fully saturated rings. The van der Waals surface area contributed by atoms with E-state index in [0.29, 0.717) is 44.6 Å². The Morgan fingerprint density at radius 3 is 2.48 bits per heavy atom. The SMILES string of the molecule is O=C(Cc1ccccc1)N1CCC2(CC1)CN[S+](=O)([O-])c1ccccc1N2. The predicted octanol–water partition coefficient (Wildman–Crippen LogP) is 2.21. The van der Waals surface area contributed by atoms with Crippen molar-refractivity contribution in [1.29, 1.82) is 0 Å². The fourth-order valence-electron chi connectivity index (χ4n) is 3.81. The second kappa shape index (κ2) is 7.07. The van der Waals surface area contributed by atoms with Crippen LogP contribution in [0.5, 0.6) is 0 Å². The molecule has 2 aromatic rings. The first kappa shape index (κ1) is 18.2. The van der Waals surface area contributed by atoms with Gasteiger partial charge in [-0.1, -0.05) is 46.7 Å². The lowest BCUT2D eigenvalue weighted by atomic mass is 9.87. The number of sulfonamides is 1. The number of piperidine rings is 1. The Balaban J connectivity index is 1.46. The summed E-state index contributed by atoms with van der Waals surface area (Å²) < 4.78 is 27.7. The van der Waals surface area contributed by atoms with E-state index < -0.39 is 10.4 Å². The Morgan fingerprint density at radius 2 is 1.74 bits per heavy atom. The number of nitrogens with one attached hydrogen (secondary N) is 2. The molecule has 2 aliphatic rings. The summed E-state index contributed by atoms with van der Waals surface area (Å²) in [7, 11) is -3.52. The summed E-state index contributed by atoms with van der Waals surface area (Å²) in [5, 5.41) is 3.46. The van der Waals surface area contributed by atoms with Crippen molar-refractivity contribution in [3.05, 3.63) is 60.2 Å². The van der Waals surface area contributed by atoms with Gasteiger partial charge in [-0.3, -0.25) is 4.79 Å². The van der Waals surface area contributed by atoms with Gasteiger partial charge < -0.3 is 14.8 Å². The first-order valence-corrected chi connectivity index (χ1v) is 10.6. The van der Waals surface area contributed by atoms with Gasteiger partial charge >= 0.3 is 0 Å². The fourth-order valence-corrected chi connectivity index (χ4v) is 5.10. The Labute approximate surface area is 160 Å². The zero-order valence-corrected chi connectivity index (χ0v) is 15.8. The van der Waals surface area contributed by atoms with Crippen LogP contribution in [0.25, 0.3) is 0 Å². The summed E-state index contributed by atoms with van der Waals surface area (Å²) in [6, 6.07) is 16.7. The molecule has 1 atom stereocenters. The third-order valence-electron chi connectivity index (χ3n) is 5.45. The molecule has 142 valence electrons. The number of rotatable bonds is 2. The van der Waals surface area contributed by atoms with Crippen molar-refractivity contribution in [3.63, 3.8) is 0 Å². The molecule has 1 unspecified atom stereocenters. The molecule has 0 aliphatic carbocycles. The second-order valence-corrected chi connectivity index (χ2v) is 9.00. The smallest absolute Gasteiger partial charge is 0.226 e. The van der Waals surface area contributed by atoms with E-state index in [1.54, 1.807) is 18.2 Å². The lowest BCUT2D eigenvalue weighted by molar-refractivity contribution is -0.131. The van der Waals surface area contributed by atoms with E-state index in [1.807, 2.05) is 41.3 Å². The van der Waals surface area contributed by atoms with E-state index in [9.17, 15) is 13.6 Å². The van der Waals surface area contributed by atoms with Crippen LogP contribution < -0.4 is 10.0 Å². The van der Waals surface area contributed by atoms with Crippen molar-refractivity contribution in [2.24, 2.45) is 0 Å². The van der Waals surface area contributed by atoms with Gasteiger partial charge in [-0.15, -0.1) is 4.72 Å². The molecule has 27 heavy (non-hydrogen) atoms. The molecule has 1 amide bonds. The molecule has 2 aromatic carbocycles. The van der Waals surface area contributed by atoms with Crippen LogP contribution in [-0.4, -0.2) is 40.5 Å². The maximum Gasteiger partial charge on any atom is 0.226 e. The van der Waals surface area contributed by atoms with E-state index >= 15 is 0 Å². The average molecular weight is 385 g/mol. The Kier molecular flexibility index (Phi) is 4.75. The van der Waals surface area contributed by atoms with Crippen molar-refractivity contribution < 1.29 is 13.6 Å². The zero-order chi connectivity index (χ0) is 18.9. The van der Waals surface area contributed by atoms with Crippen LogP contribution in [0.2, 0.25) is 0 Å². The molecular formula is C20H23N3O3S. The van der Waals surface area contributed by atoms with Gasteiger partial charge in [0.25, 0.3) is 0 Å². The third-order valence-corrected chi connectivity index (χ3v) is 6.91. The number of para-hydroxylation sites is 1. The number of hydrogen-bond acceptors (Lipinski definition) is 4. The first-order chi connectivity index (χ1) is 13.0. The average Bonchev–Trinajstić information content (AvgIpc) is 2.78. The van der Waals surface area contributed by atoms with Crippen LogP contribution in [0.1, 0.15) is 18.4 Å². The van der Waals surface area contributed by atoms with Crippen LogP contribution in [-0.2, 0) is 25.8 Å². The number of benzene rings is 2. The minimum Gasteiger partial charge on any atom is -0.593 e. The van der Waals surface area contributed by atoms with Gasteiger partial charge in [0, 0.05) is 13.1 Å². The van der Waals surface area contributed by atoms with Gasteiger partial charge in [-0.25, -0.2) is 0 Å². The molecule has 7 heteroatoms.